The molecule has 0 bridgehead atoms. The number of hydrogen-bond acceptors (Lipinski definition) is 6. The monoisotopic (exact) mass is 258 g/mol. The van der Waals surface area contributed by atoms with Crippen LogP contribution >= 0.6 is 0 Å². The van der Waals surface area contributed by atoms with Crippen LogP contribution < -0.4 is 0 Å². The van der Waals surface area contributed by atoms with Gasteiger partial charge in [0.25, 0.3) is 0 Å². The van der Waals surface area contributed by atoms with Crippen molar-refractivity contribution < 1.29 is 28.5 Å². The highest BCUT2D eigenvalue weighted by atomic mass is 16.6. The van der Waals surface area contributed by atoms with Gasteiger partial charge >= 0.3 is 5.97 Å². The van der Waals surface area contributed by atoms with Gasteiger partial charge in [0.05, 0.1) is 19.6 Å². The molecular formula is C12H18O6. The van der Waals surface area contributed by atoms with E-state index >= 15 is 0 Å². The first-order valence-electron chi connectivity index (χ1n) is 6.06. The van der Waals surface area contributed by atoms with Gasteiger partial charge < -0.3 is 23.7 Å². The summed E-state index contributed by atoms with van der Waals surface area (Å²) >= 11 is 0. The zero-order valence-electron chi connectivity index (χ0n) is 10.6. The van der Waals surface area contributed by atoms with Gasteiger partial charge in [0.2, 0.25) is 0 Å². The number of carbonyl (C=O) groups excluding carboxylic acids is 2. The van der Waals surface area contributed by atoms with Crippen LogP contribution in [-0.2, 0) is 28.5 Å². The summed E-state index contributed by atoms with van der Waals surface area (Å²) in [6.45, 7) is 2.22. The Bertz CT molecular complexity index is 329. The molecule has 0 aromatic heterocycles. The largest absolute Gasteiger partial charge is 0.457 e. The Morgan fingerprint density at radius 2 is 1.72 bits per heavy atom. The van der Waals surface area contributed by atoms with Gasteiger partial charge in [-0.1, -0.05) is 0 Å². The molecule has 2 rings (SSSR count). The van der Waals surface area contributed by atoms with Gasteiger partial charge in [0.1, 0.15) is 24.1 Å². The summed E-state index contributed by atoms with van der Waals surface area (Å²) in [7, 11) is 1.60. The van der Waals surface area contributed by atoms with Gasteiger partial charge in [-0.3, -0.25) is 4.79 Å². The van der Waals surface area contributed by atoms with Crippen LogP contribution in [0.25, 0.3) is 0 Å². The highest BCUT2D eigenvalue weighted by Crippen LogP contribution is 2.30. The van der Waals surface area contributed by atoms with Crippen molar-refractivity contribution in [3.8, 4) is 0 Å². The van der Waals surface area contributed by atoms with Crippen LogP contribution in [0.1, 0.15) is 19.8 Å². The van der Waals surface area contributed by atoms with Crippen LogP contribution in [0.3, 0.4) is 0 Å². The van der Waals surface area contributed by atoms with Crippen LogP contribution in [0.2, 0.25) is 0 Å². The van der Waals surface area contributed by atoms with E-state index in [0.29, 0.717) is 13.2 Å². The molecule has 0 aliphatic carbocycles. The molecule has 0 saturated carbocycles. The second kappa shape index (κ2) is 5.77. The Balaban J connectivity index is 1.81. The third-order valence-corrected chi connectivity index (χ3v) is 3.23. The molecule has 2 saturated heterocycles. The van der Waals surface area contributed by atoms with Crippen molar-refractivity contribution in [2.45, 2.75) is 44.2 Å². The summed E-state index contributed by atoms with van der Waals surface area (Å²) in [4.78, 5) is 22.3. The quantitative estimate of drug-likeness (QED) is 0.650. The zero-order valence-corrected chi connectivity index (χ0v) is 10.6. The maximum atomic E-state index is 11.5. The van der Waals surface area contributed by atoms with Crippen molar-refractivity contribution in [3.05, 3.63) is 0 Å². The van der Waals surface area contributed by atoms with Gasteiger partial charge in [0, 0.05) is 13.5 Å². The number of ether oxygens (including phenoxy) is 4. The molecule has 4 atom stereocenters. The molecule has 0 spiro atoms. The molecule has 0 aromatic carbocycles. The minimum atomic E-state index is -0.394. The highest BCUT2D eigenvalue weighted by Gasteiger charge is 2.49. The zero-order chi connectivity index (χ0) is 13.1. The van der Waals surface area contributed by atoms with Crippen LogP contribution in [0.15, 0.2) is 0 Å². The average Bonchev–Trinajstić information content (AvgIpc) is 2.89. The van der Waals surface area contributed by atoms with E-state index in [2.05, 4.69) is 0 Å². The Morgan fingerprint density at radius 3 is 2.33 bits per heavy atom. The first-order chi connectivity index (χ1) is 8.61. The number of hydrogen-bond donors (Lipinski definition) is 0. The third-order valence-electron chi connectivity index (χ3n) is 3.23. The van der Waals surface area contributed by atoms with E-state index < -0.39 is 6.10 Å². The first-order valence-corrected chi connectivity index (χ1v) is 6.06. The first kappa shape index (κ1) is 13.5. The molecule has 0 unspecified atom stereocenters. The molecule has 6 heteroatoms. The SMILES string of the molecule is CO[C@H]1CO[C@H]2[C@@H]1OC[C@@H]2OC(=O)CCC(C)=O. The Morgan fingerprint density at radius 1 is 1.11 bits per heavy atom. The fourth-order valence-corrected chi connectivity index (χ4v) is 2.24. The lowest BCUT2D eigenvalue weighted by Crippen LogP contribution is -2.34. The van der Waals surface area contributed by atoms with Crippen LogP contribution in [-0.4, -0.2) is 56.5 Å². The van der Waals surface area contributed by atoms with Crippen molar-refractivity contribution in [3.63, 3.8) is 0 Å². The van der Waals surface area contributed by atoms with E-state index in [9.17, 15) is 9.59 Å². The molecular weight excluding hydrogens is 240 g/mol. The summed E-state index contributed by atoms with van der Waals surface area (Å²) in [6.07, 6.45) is -0.596. The lowest BCUT2D eigenvalue weighted by Gasteiger charge is -2.16. The summed E-state index contributed by atoms with van der Waals surface area (Å²) in [5.41, 5.74) is 0. The lowest BCUT2D eigenvalue weighted by atomic mass is 10.1. The van der Waals surface area contributed by atoms with Gasteiger partial charge in [-0.05, 0) is 6.92 Å². The maximum absolute atomic E-state index is 11.5. The summed E-state index contributed by atoms with van der Waals surface area (Å²) in [5.74, 6) is -0.409. The second-order valence-corrected chi connectivity index (χ2v) is 4.60. The number of Topliss-reactive ketones (excluding diaryl/α,β-unsaturated/α-hetero) is 1. The molecule has 0 radical (unpaired) electrons. The van der Waals surface area contributed by atoms with Gasteiger partial charge in [-0.25, -0.2) is 0 Å². The Kier molecular flexibility index (Phi) is 4.31. The average molecular weight is 258 g/mol. The van der Waals surface area contributed by atoms with Crippen molar-refractivity contribution in [2.75, 3.05) is 20.3 Å². The van der Waals surface area contributed by atoms with Crippen LogP contribution in [0.4, 0.5) is 0 Å². The minimum absolute atomic E-state index is 0.0240. The van der Waals surface area contributed by atoms with E-state index in [0.717, 1.165) is 0 Å². The van der Waals surface area contributed by atoms with E-state index in [1.54, 1.807) is 7.11 Å². The minimum Gasteiger partial charge on any atom is -0.457 e. The number of fused-ring (bicyclic) bond motifs is 1. The number of esters is 1. The van der Waals surface area contributed by atoms with Crippen LogP contribution in [0.5, 0.6) is 0 Å². The number of methoxy groups -OCH3 is 1. The molecule has 0 amide bonds. The fraction of sp³-hybridized carbons (Fsp3) is 0.833. The molecule has 0 N–H and O–H groups in total. The van der Waals surface area contributed by atoms with Gasteiger partial charge in [-0.15, -0.1) is 0 Å². The van der Waals surface area contributed by atoms with E-state index in [1.807, 2.05) is 0 Å². The topological polar surface area (TPSA) is 71.1 Å². The predicted octanol–water partition coefficient (Wildman–Crippen LogP) is 0.0800. The lowest BCUT2D eigenvalue weighted by molar-refractivity contribution is -0.154. The van der Waals surface area contributed by atoms with Gasteiger partial charge in [-0.2, -0.15) is 0 Å². The summed E-state index contributed by atoms with van der Waals surface area (Å²) in [5, 5.41) is 0. The maximum Gasteiger partial charge on any atom is 0.306 e. The number of ketones is 1. The third kappa shape index (κ3) is 2.88. The van der Waals surface area contributed by atoms with E-state index in [-0.39, 0.29) is 42.9 Å². The van der Waals surface area contributed by atoms with Crippen molar-refractivity contribution in [2.24, 2.45) is 0 Å². The summed E-state index contributed by atoms with van der Waals surface area (Å²) < 4.78 is 21.5. The molecule has 2 fully saturated rings. The standard InChI is InChI=1S/C12H18O6/c1-7(13)3-4-10(14)18-9-6-17-11-8(15-2)5-16-12(9)11/h8-9,11-12H,3-6H2,1-2H3/t8-,9-,11+,12+/m0/s1. The molecule has 102 valence electrons. The molecule has 2 aliphatic rings. The normalized spacial score (nSPS) is 34.3. The Labute approximate surface area is 106 Å². The fourth-order valence-electron chi connectivity index (χ4n) is 2.24. The molecule has 0 aromatic rings. The second-order valence-electron chi connectivity index (χ2n) is 4.60. The number of rotatable bonds is 5. The molecule has 2 aliphatic heterocycles. The number of carbonyl (C=O) groups is 2. The van der Waals surface area contributed by atoms with Crippen molar-refractivity contribution in [1.82, 2.24) is 0 Å². The smallest absolute Gasteiger partial charge is 0.306 e. The van der Waals surface area contributed by atoms with E-state index in [1.165, 1.54) is 6.92 Å². The Hall–Kier alpha value is -0.980. The highest BCUT2D eigenvalue weighted by molar-refractivity contribution is 5.81. The van der Waals surface area contributed by atoms with Crippen molar-refractivity contribution in [1.29, 1.82) is 0 Å². The van der Waals surface area contributed by atoms with Gasteiger partial charge in [0.15, 0.2) is 6.10 Å². The van der Waals surface area contributed by atoms with Crippen LogP contribution in [0, 0.1) is 0 Å². The molecule has 6 nitrogen and oxygen atoms in total. The van der Waals surface area contributed by atoms with E-state index in [4.69, 9.17) is 18.9 Å². The predicted molar refractivity (Wildman–Crippen MR) is 60.1 cm³/mol. The molecule has 18 heavy (non-hydrogen) atoms. The summed E-state index contributed by atoms with van der Waals surface area (Å²) in [6, 6.07) is 0. The molecule has 2 heterocycles. The van der Waals surface area contributed by atoms with Crippen molar-refractivity contribution >= 4 is 11.8 Å².